The van der Waals surface area contributed by atoms with Gasteiger partial charge in [-0.3, -0.25) is 14.7 Å². The van der Waals surface area contributed by atoms with Crippen molar-refractivity contribution in [2.24, 2.45) is 0 Å². The summed E-state index contributed by atoms with van der Waals surface area (Å²) in [6.07, 6.45) is 0. The molecule has 0 saturated heterocycles. The van der Waals surface area contributed by atoms with Crippen LogP contribution in [0.15, 0.2) is 48.5 Å². The molecule has 170 valence electrons. The molecule has 3 N–H and O–H groups in total. The van der Waals surface area contributed by atoms with Crippen LogP contribution >= 0.6 is 23.1 Å². The quantitative estimate of drug-likeness (QED) is 0.323. The van der Waals surface area contributed by atoms with Crippen LogP contribution < -0.4 is 10.6 Å². The van der Waals surface area contributed by atoms with E-state index in [1.54, 1.807) is 12.1 Å². The molecule has 3 aromatic carbocycles. The second-order valence-electron chi connectivity index (χ2n) is 7.87. The van der Waals surface area contributed by atoms with Crippen LogP contribution in [0.25, 0.3) is 21.0 Å². The van der Waals surface area contributed by atoms with E-state index in [0.717, 1.165) is 4.70 Å². The number of nitrogens with zero attached hydrogens (tertiary/aromatic N) is 3. The Bertz CT molecular complexity index is 1750. The third-order valence-electron chi connectivity index (χ3n) is 5.91. The Labute approximate surface area is 205 Å². The fourth-order valence-electron chi connectivity index (χ4n) is 4.37. The standard InChI is InChI=1S/C24H12ClFN6O2S/c25-14-6-5-10(26)7-12(14)20-18-15(28-24(34)22-11-3-1-2-4-17(11)35-32-22)8-13-16(9-27)30-31-21(13)19(18)23(33)29-20/h1-8,20H,(H,28,34)(H,29,33)(H,30,31)/t20-/m1/s1. The van der Waals surface area contributed by atoms with Crippen molar-refractivity contribution in [3.8, 4) is 6.07 Å². The van der Waals surface area contributed by atoms with Gasteiger partial charge in [-0.2, -0.15) is 14.7 Å². The van der Waals surface area contributed by atoms with Crippen LogP contribution in [0.4, 0.5) is 10.1 Å². The number of carbonyl (C=O) groups excluding carboxylic acids is 2. The van der Waals surface area contributed by atoms with Gasteiger partial charge in [-0.25, -0.2) is 4.39 Å². The summed E-state index contributed by atoms with van der Waals surface area (Å²) in [7, 11) is 0. The highest BCUT2D eigenvalue weighted by atomic mass is 35.5. The van der Waals surface area contributed by atoms with Gasteiger partial charge in [-0.1, -0.05) is 29.8 Å². The zero-order valence-electron chi connectivity index (χ0n) is 17.5. The van der Waals surface area contributed by atoms with E-state index in [-0.39, 0.29) is 27.7 Å². The predicted molar refractivity (Wildman–Crippen MR) is 129 cm³/mol. The summed E-state index contributed by atoms with van der Waals surface area (Å²) in [6.45, 7) is 0. The Hall–Kier alpha value is -4.33. The van der Waals surface area contributed by atoms with Gasteiger partial charge in [0.2, 0.25) is 0 Å². The first kappa shape index (κ1) is 21.2. The number of carbonyl (C=O) groups is 2. The van der Waals surface area contributed by atoms with Gasteiger partial charge >= 0.3 is 0 Å². The molecule has 1 aliphatic rings. The summed E-state index contributed by atoms with van der Waals surface area (Å²) in [6, 6.07) is 13.9. The number of hydrogen-bond acceptors (Lipinski definition) is 6. The lowest BCUT2D eigenvalue weighted by Gasteiger charge is -2.18. The van der Waals surface area contributed by atoms with Gasteiger partial charge in [0.1, 0.15) is 17.6 Å². The minimum Gasteiger partial charge on any atom is -0.341 e. The van der Waals surface area contributed by atoms with E-state index in [1.807, 2.05) is 24.3 Å². The van der Waals surface area contributed by atoms with Gasteiger partial charge in [0.05, 0.1) is 21.8 Å². The summed E-state index contributed by atoms with van der Waals surface area (Å²) < 4.78 is 19.3. The minimum atomic E-state index is -0.846. The highest BCUT2D eigenvalue weighted by Crippen LogP contribution is 2.43. The molecule has 35 heavy (non-hydrogen) atoms. The highest BCUT2D eigenvalue weighted by molar-refractivity contribution is 7.13. The van der Waals surface area contributed by atoms with E-state index in [0.29, 0.717) is 27.4 Å². The number of hydrogen-bond donors (Lipinski definition) is 3. The van der Waals surface area contributed by atoms with E-state index in [4.69, 9.17) is 11.6 Å². The van der Waals surface area contributed by atoms with Crippen molar-refractivity contribution in [2.75, 3.05) is 5.32 Å². The normalized spacial score (nSPS) is 14.7. The molecular weight excluding hydrogens is 491 g/mol. The van der Waals surface area contributed by atoms with Crippen molar-refractivity contribution in [1.82, 2.24) is 19.9 Å². The van der Waals surface area contributed by atoms with Crippen LogP contribution in [0.2, 0.25) is 5.02 Å². The van der Waals surface area contributed by atoms with Crippen molar-refractivity contribution in [2.45, 2.75) is 6.04 Å². The smallest absolute Gasteiger partial charge is 0.276 e. The minimum absolute atomic E-state index is 0.0671. The third kappa shape index (κ3) is 3.24. The van der Waals surface area contributed by atoms with Gasteiger partial charge in [-0.05, 0) is 41.9 Å². The zero-order chi connectivity index (χ0) is 24.3. The molecule has 2 amide bonds. The van der Waals surface area contributed by atoms with E-state index in [2.05, 4.69) is 25.2 Å². The molecule has 0 radical (unpaired) electrons. The first-order valence-corrected chi connectivity index (χ1v) is 11.5. The Morgan fingerprint density at radius 3 is 2.86 bits per heavy atom. The number of anilines is 1. The lowest BCUT2D eigenvalue weighted by Crippen LogP contribution is -2.21. The number of rotatable bonds is 3. The predicted octanol–water partition coefficient (Wildman–Crippen LogP) is 4.92. The number of aromatic nitrogens is 3. The third-order valence-corrected chi connectivity index (χ3v) is 7.08. The Morgan fingerprint density at radius 2 is 2.03 bits per heavy atom. The first-order valence-electron chi connectivity index (χ1n) is 10.3. The molecule has 3 heterocycles. The summed E-state index contributed by atoms with van der Waals surface area (Å²) in [5.74, 6) is -1.49. The Morgan fingerprint density at radius 1 is 1.20 bits per heavy atom. The van der Waals surface area contributed by atoms with Crippen molar-refractivity contribution < 1.29 is 14.0 Å². The molecule has 0 saturated carbocycles. The van der Waals surface area contributed by atoms with Gasteiger partial charge in [-0.15, -0.1) is 0 Å². The topological polar surface area (TPSA) is 124 Å². The van der Waals surface area contributed by atoms with Gasteiger partial charge < -0.3 is 10.6 Å². The monoisotopic (exact) mass is 502 g/mol. The number of benzene rings is 3. The molecule has 5 aromatic rings. The highest BCUT2D eigenvalue weighted by Gasteiger charge is 2.37. The summed E-state index contributed by atoms with van der Waals surface area (Å²) in [5, 5.41) is 23.2. The number of H-pyrrole nitrogens is 1. The largest absolute Gasteiger partial charge is 0.341 e. The molecule has 0 spiro atoms. The maximum Gasteiger partial charge on any atom is 0.276 e. The Balaban J connectivity index is 1.56. The number of amides is 2. The second kappa shape index (κ2) is 7.87. The lowest BCUT2D eigenvalue weighted by molar-refractivity contribution is 0.0960. The number of nitrogens with one attached hydrogen (secondary N) is 3. The van der Waals surface area contributed by atoms with Crippen molar-refractivity contribution >= 4 is 61.6 Å². The molecule has 1 aliphatic heterocycles. The van der Waals surface area contributed by atoms with Gasteiger partial charge in [0.25, 0.3) is 11.8 Å². The van der Waals surface area contributed by atoms with E-state index in [1.165, 1.54) is 29.7 Å². The van der Waals surface area contributed by atoms with Crippen LogP contribution in [0.1, 0.15) is 43.7 Å². The van der Waals surface area contributed by atoms with E-state index >= 15 is 0 Å². The molecule has 0 bridgehead atoms. The molecule has 11 heteroatoms. The van der Waals surface area contributed by atoms with E-state index in [9.17, 15) is 19.2 Å². The van der Waals surface area contributed by atoms with Crippen LogP contribution in [-0.2, 0) is 0 Å². The van der Waals surface area contributed by atoms with E-state index < -0.39 is 23.7 Å². The SMILES string of the molecule is N#Cc1n[nH]c2c3c(c(NC(=O)c4nsc5ccccc45)cc12)[C@@H](c1cc(F)ccc1Cl)NC3=O. The molecular formula is C24H12ClFN6O2S. The summed E-state index contributed by atoms with van der Waals surface area (Å²) >= 11 is 7.56. The average Bonchev–Trinajstić information content (AvgIpc) is 3.55. The Kier molecular flexibility index (Phi) is 4.77. The molecule has 0 unspecified atom stereocenters. The lowest BCUT2D eigenvalue weighted by atomic mass is 9.94. The van der Waals surface area contributed by atoms with Crippen LogP contribution in [-0.4, -0.2) is 26.4 Å². The first-order chi connectivity index (χ1) is 17.0. The number of halogens is 2. The molecule has 6 rings (SSSR count). The zero-order valence-corrected chi connectivity index (χ0v) is 19.1. The summed E-state index contributed by atoms with van der Waals surface area (Å²) in [5.41, 5.74) is 1.79. The molecule has 0 aliphatic carbocycles. The second-order valence-corrected chi connectivity index (χ2v) is 9.09. The van der Waals surface area contributed by atoms with Crippen molar-refractivity contribution in [1.29, 1.82) is 5.26 Å². The molecule has 0 fully saturated rings. The van der Waals surface area contributed by atoms with Crippen molar-refractivity contribution in [3.05, 3.63) is 87.4 Å². The number of nitriles is 1. The van der Waals surface area contributed by atoms with Crippen LogP contribution in [0.5, 0.6) is 0 Å². The summed E-state index contributed by atoms with van der Waals surface area (Å²) in [4.78, 5) is 26.4. The van der Waals surface area contributed by atoms with Crippen LogP contribution in [0, 0.1) is 17.1 Å². The van der Waals surface area contributed by atoms with Gasteiger partial charge in [0.15, 0.2) is 5.69 Å². The maximum atomic E-state index is 14.1. The average molecular weight is 503 g/mol. The molecule has 1 atom stereocenters. The maximum absolute atomic E-state index is 14.1. The van der Waals surface area contributed by atoms with Gasteiger partial charge in [0, 0.05) is 32.6 Å². The molecule has 8 nitrogen and oxygen atoms in total. The fourth-order valence-corrected chi connectivity index (χ4v) is 5.37. The van der Waals surface area contributed by atoms with Crippen molar-refractivity contribution in [3.63, 3.8) is 0 Å². The molecule has 2 aromatic heterocycles. The number of aromatic amines is 1. The van der Waals surface area contributed by atoms with Crippen LogP contribution in [0.3, 0.4) is 0 Å². The fraction of sp³-hybridized carbons (Fsp3) is 0.0417. The number of fused-ring (bicyclic) bond motifs is 4.